The van der Waals surface area contributed by atoms with E-state index < -0.39 is 5.91 Å². The molecule has 0 spiro atoms. The molecule has 1 aromatic carbocycles. The van der Waals surface area contributed by atoms with Crippen molar-refractivity contribution in [1.82, 2.24) is 10.3 Å². The molecule has 1 aromatic heterocycles. The van der Waals surface area contributed by atoms with E-state index in [0.717, 1.165) is 16.8 Å². The summed E-state index contributed by atoms with van der Waals surface area (Å²) in [7, 11) is 0. The standard InChI is InChI=1S/C16H18N2O3/c1-10-6-11(2)18-16(21)14(10)15(20)17-8-12-4-3-5-13(7-12)9-19/h3-7,19H,8-9H2,1-2H3,(H,17,20)(H,18,21). The van der Waals surface area contributed by atoms with E-state index >= 15 is 0 Å². The van der Waals surface area contributed by atoms with Crippen LogP contribution in [-0.2, 0) is 13.2 Å². The number of nitrogens with one attached hydrogen (secondary N) is 2. The maximum Gasteiger partial charge on any atom is 0.261 e. The van der Waals surface area contributed by atoms with Crippen molar-refractivity contribution in [2.75, 3.05) is 0 Å². The van der Waals surface area contributed by atoms with Crippen molar-refractivity contribution in [3.8, 4) is 0 Å². The molecule has 0 atom stereocenters. The first kappa shape index (κ1) is 15.0. The Hall–Kier alpha value is -2.40. The Morgan fingerprint density at radius 1 is 1.24 bits per heavy atom. The zero-order valence-electron chi connectivity index (χ0n) is 12.1. The van der Waals surface area contributed by atoms with E-state index in [0.29, 0.717) is 12.1 Å². The molecule has 0 aliphatic carbocycles. The molecule has 2 rings (SSSR count). The summed E-state index contributed by atoms with van der Waals surface area (Å²) in [5.41, 5.74) is 2.79. The number of H-pyrrole nitrogens is 1. The molecule has 0 bridgehead atoms. The molecule has 0 saturated heterocycles. The van der Waals surface area contributed by atoms with Crippen molar-refractivity contribution < 1.29 is 9.90 Å². The van der Waals surface area contributed by atoms with Gasteiger partial charge >= 0.3 is 0 Å². The largest absolute Gasteiger partial charge is 0.392 e. The minimum Gasteiger partial charge on any atom is -0.392 e. The maximum absolute atomic E-state index is 12.1. The Labute approximate surface area is 122 Å². The van der Waals surface area contributed by atoms with Gasteiger partial charge in [-0.2, -0.15) is 0 Å². The molecule has 1 amide bonds. The second-order valence-corrected chi connectivity index (χ2v) is 5.00. The van der Waals surface area contributed by atoms with E-state index in [1.165, 1.54) is 0 Å². The van der Waals surface area contributed by atoms with Crippen molar-refractivity contribution >= 4 is 5.91 Å². The zero-order valence-corrected chi connectivity index (χ0v) is 12.1. The van der Waals surface area contributed by atoms with Gasteiger partial charge < -0.3 is 15.4 Å². The highest BCUT2D eigenvalue weighted by Gasteiger charge is 2.13. The van der Waals surface area contributed by atoms with E-state index in [1.54, 1.807) is 26.0 Å². The number of amides is 1. The molecule has 1 heterocycles. The number of aliphatic hydroxyl groups excluding tert-OH is 1. The molecule has 5 heteroatoms. The van der Waals surface area contributed by atoms with Crippen molar-refractivity contribution in [3.05, 3.63) is 68.6 Å². The maximum atomic E-state index is 12.1. The SMILES string of the molecule is Cc1cc(C)c(C(=O)NCc2cccc(CO)c2)c(=O)[nH]1. The minimum absolute atomic E-state index is 0.0431. The van der Waals surface area contributed by atoms with Gasteiger partial charge in [-0.1, -0.05) is 24.3 Å². The number of rotatable bonds is 4. The van der Waals surface area contributed by atoms with E-state index in [1.807, 2.05) is 18.2 Å². The summed E-state index contributed by atoms with van der Waals surface area (Å²) >= 11 is 0. The van der Waals surface area contributed by atoms with Gasteiger partial charge in [0.05, 0.1) is 6.61 Å². The fourth-order valence-corrected chi connectivity index (χ4v) is 2.24. The second kappa shape index (κ2) is 6.37. The highest BCUT2D eigenvalue weighted by molar-refractivity contribution is 5.95. The van der Waals surface area contributed by atoms with Gasteiger partial charge in [0.2, 0.25) is 0 Å². The molecule has 0 unspecified atom stereocenters. The number of aromatic amines is 1. The van der Waals surface area contributed by atoms with Gasteiger partial charge in [-0.25, -0.2) is 0 Å². The predicted molar refractivity (Wildman–Crippen MR) is 80.1 cm³/mol. The second-order valence-electron chi connectivity index (χ2n) is 5.00. The van der Waals surface area contributed by atoms with Gasteiger partial charge in [0, 0.05) is 12.2 Å². The van der Waals surface area contributed by atoms with Crippen molar-refractivity contribution in [3.63, 3.8) is 0 Å². The van der Waals surface area contributed by atoms with Gasteiger partial charge in [-0.3, -0.25) is 9.59 Å². The molecule has 0 aliphatic heterocycles. The first-order valence-corrected chi connectivity index (χ1v) is 6.68. The topological polar surface area (TPSA) is 82.2 Å². The van der Waals surface area contributed by atoms with Crippen LogP contribution < -0.4 is 10.9 Å². The van der Waals surface area contributed by atoms with Crippen LogP contribution in [0.1, 0.15) is 32.7 Å². The van der Waals surface area contributed by atoms with Crippen LogP contribution in [0.15, 0.2) is 35.1 Å². The summed E-state index contributed by atoms with van der Waals surface area (Å²) in [5, 5.41) is 11.8. The summed E-state index contributed by atoms with van der Waals surface area (Å²) in [6.45, 7) is 3.78. The summed E-state index contributed by atoms with van der Waals surface area (Å²) < 4.78 is 0. The molecule has 3 N–H and O–H groups in total. The minimum atomic E-state index is -0.400. The summed E-state index contributed by atoms with van der Waals surface area (Å²) in [5.74, 6) is -0.400. The Balaban J connectivity index is 2.14. The molecule has 5 nitrogen and oxygen atoms in total. The van der Waals surface area contributed by atoms with E-state index in [-0.39, 0.29) is 17.7 Å². The number of aryl methyl sites for hydroxylation is 2. The lowest BCUT2D eigenvalue weighted by atomic mass is 10.1. The van der Waals surface area contributed by atoms with Crippen LogP contribution in [0.2, 0.25) is 0 Å². The molecular weight excluding hydrogens is 268 g/mol. The third-order valence-electron chi connectivity index (χ3n) is 3.22. The summed E-state index contributed by atoms with van der Waals surface area (Å²) in [6.07, 6.45) is 0. The van der Waals surface area contributed by atoms with Crippen LogP contribution in [0.25, 0.3) is 0 Å². The highest BCUT2D eigenvalue weighted by Crippen LogP contribution is 2.07. The van der Waals surface area contributed by atoms with Crippen LogP contribution in [0.4, 0.5) is 0 Å². The molecular formula is C16H18N2O3. The first-order valence-electron chi connectivity index (χ1n) is 6.68. The van der Waals surface area contributed by atoms with Gasteiger partial charge in [-0.05, 0) is 36.6 Å². The summed E-state index contributed by atoms with van der Waals surface area (Å²) in [6, 6.07) is 9.05. The zero-order chi connectivity index (χ0) is 15.4. The number of aliphatic hydroxyl groups is 1. The van der Waals surface area contributed by atoms with Gasteiger partial charge in [0.15, 0.2) is 0 Å². The number of benzene rings is 1. The lowest BCUT2D eigenvalue weighted by Crippen LogP contribution is -2.30. The molecule has 0 fully saturated rings. The Morgan fingerprint density at radius 2 is 1.95 bits per heavy atom. The van der Waals surface area contributed by atoms with Crippen LogP contribution in [0.5, 0.6) is 0 Å². The smallest absolute Gasteiger partial charge is 0.261 e. The molecule has 0 saturated carbocycles. The van der Waals surface area contributed by atoms with Crippen LogP contribution >= 0.6 is 0 Å². The number of carbonyl (C=O) groups excluding carboxylic acids is 1. The molecule has 0 radical (unpaired) electrons. The third-order valence-corrected chi connectivity index (χ3v) is 3.22. The lowest BCUT2D eigenvalue weighted by Gasteiger charge is -2.08. The van der Waals surface area contributed by atoms with E-state index in [2.05, 4.69) is 10.3 Å². The van der Waals surface area contributed by atoms with Gasteiger partial charge in [-0.15, -0.1) is 0 Å². The molecule has 0 aliphatic rings. The molecule has 110 valence electrons. The Morgan fingerprint density at radius 3 is 2.62 bits per heavy atom. The number of aromatic nitrogens is 1. The molecule has 21 heavy (non-hydrogen) atoms. The highest BCUT2D eigenvalue weighted by atomic mass is 16.3. The van der Waals surface area contributed by atoms with Crippen molar-refractivity contribution in [2.45, 2.75) is 27.0 Å². The molecule has 2 aromatic rings. The third kappa shape index (κ3) is 3.58. The average molecular weight is 286 g/mol. The van der Waals surface area contributed by atoms with Crippen molar-refractivity contribution in [2.24, 2.45) is 0 Å². The number of carbonyl (C=O) groups is 1. The average Bonchev–Trinajstić information content (AvgIpc) is 2.44. The van der Waals surface area contributed by atoms with Gasteiger partial charge in [0.25, 0.3) is 11.5 Å². The fourth-order valence-electron chi connectivity index (χ4n) is 2.24. The number of hydrogen-bond acceptors (Lipinski definition) is 3. The quantitative estimate of drug-likeness (QED) is 0.795. The normalized spacial score (nSPS) is 10.4. The van der Waals surface area contributed by atoms with Crippen LogP contribution in [0, 0.1) is 13.8 Å². The van der Waals surface area contributed by atoms with Crippen molar-refractivity contribution in [1.29, 1.82) is 0 Å². The van der Waals surface area contributed by atoms with Crippen LogP contribution in [0.3, 0.4) is 0 Å². The number of pyridine rings is 1. The van der Waals surface area contributed by atoms with E-state index in [4.69, 9.17) is 5.11 Å². The monoisotopic (exact) mass is 286 g/mol. The predicted octanol–water partition coefficient (Wildman–Crippen LogP) is 1.41. The van der Waals surface area contributed by atoms with Gasteiger partial charge in [0.1, 0.15) is 5.56 Å². The van der Waals surface area contributed by atoms with Crippen LogP contribution in [-0.4, -0.2) is 16.0 Å². The lowest BCUT2D eigenvalue weighted by molar-refractivity contribution is 0.0948. The Kier molecular flexibility index (Phi) is 4.55. The first-order chi connectivity index (χ1) is 10.0. The van der Waals surface area contributed by atoms with E-state index in [9.17, 15) is 9.59 Å². The fraction of sp³-hybridized carbons (Fsp3) is 0.250. The summed E-state index contributed by atoms with van der Waals surface area (Å²) in [4.78, 5) is 26.6. The Bertz CT molecular complexity index is 720. The number of hydrogen-bond donors (Lipinski definition) is 3.